The van der Waals surface area contributed by atoms with E-state index in [1.807, 2.05) is 0 Å². The Hall–Kier alpha value is -2.11. The summed E-state index contributed by atoms with van der Waals surface area (Å²) in [7, 11) is 0. The molecule has 0 saturated heterocycles. The Kier molecular flexibility index (Phi) is 63.6. The lowest BCUT2D eigenvalue weighted by Gasteiger charge is -2.18. The topological polar surface area (TPSA) is 78.9 Å². The molecule has 0 aliphatic rings. The Morgan fingerprint density at radius 2 is 0.487 bits per heavy atom. The number of carbonyl (C=O) groups is 3. The molecular formula is C70H132O6. The molecule has 0 spiro atoms. The average molecular weight is 1070 g/mol. The number of rotatable bonds is 64. The van der Waals surface area contributed by atoms with Crippen molar-refractivity contribution in [3.63, 3.8) is 0 Å². The van der Waals surface area contributed by atoms with Gasteiger partial charge in [-0.15, -0.1) is 0 Å². The molecule has 6 nitrogen and oxygen atoms in total. The van der Waals surface area contributed by atoms with Gasteiger partial charge in [-0.1, -0.05) is 347 Å². The standard InChI is InChI=1S/C70H132O6/c1-4-7-10-13-16-19-22-25-28-30-32-34-35-37-38-40-42-45-48-51-54-57-60-63-69(72)75-66-67(65-74-68(71)62-59-56-53-50-47-44-27-24-21-18-15-12-9-6-3)76-70(73)64-61-58-55-52-49-46-43-41-39-36-33-31-29-26-23-20-17-14-11-8-5-2/h15,18,24,27,67H,4-14,16-17,19-23,25-26,28-66H2,1-3H3/b18-15-,27-24-. The minimum absolute atomic E-state index is 0.0693. The third kappa shape index (κ3) is 62.7. The van der Waals surface area contributed by atoms with Crippen LogP contribution in [0.3, 0.4) is 0 Å². The molecule has 0 aromatic carbocycles. The Bertz CT molecular complexity index is 1230. The van der Waals surface area contributed by atoms with Crippen LogP contribution in [0.5, 0.6) is 0 Å². The molecule has 1 unspecified atom stereocenters. The van der Waals surface area contributed by atoms with E-state index in [2.05, 4.69) is 45.1 Å². The maximum Gasteiger partial charge on any atom is 0.306 e. The van der Waals surface area contributed by atoms with E-state index >= 15 is 0 Å². The monoisotopic (exact) mass is 1070 g/mol. The summed E-state index contributed by atoms with van der Waals surface area (Å²) >= 11 is 0. The van der Waals surface area contributed by atoms with Crippen LogP contribution in [0.2, 0.25) is 0 Å². The van der Waals surface area contributed by atoms with Crippen molar-refractivity contribution >= 4 is 17.9 Å². The van der Waals surface area contributed by atoms with Crippen molar-refractivity contribution in [2.45, 2.75) is 393 Å². The van der Waals surface area contributed by atoms with E-state index in [0.717, 1.165) is 77.0 Å². The first-order valence-corrected chi connectivity index (χ1v) is 34.3. The molecule has 448 valence electrons. The van der Waals surface area contributed by atoms with E-state index in [0.29, 0.717) is 19.3 Å². The highest BCUT2D eigenvalue weighted by Crippen LogP contribution is 2.19. The zero-order chi connectivity index (χ0) is 55.0. The number of hydrogen-bond donors (Lipinski definition) is 0. The minimum atomic E-state index is -0.774. The van der Waals surface area contributed by atoms with Gasteiger partial charge in [-0.2, -0.15) is 0 Å². The second kappa shape index (κ2) is 65.4. The van der Waals surface area contributed by atoms with Crippen molar-refractivity contribution in [1.82, 2.24) is 0 Å². The SMILES string of the molecule is CCCC/C=C\C/C=C\CCCCCCCC(=O)OCC(COC(=O)CCCCCCCCCCCCCCCCCCCCCCCCC)OC(=O)CCCCCCCCCCCCCCCCCCCCCCC. The van der Waals surface area contributed by atoms with Crippen molar-refractivity contribution in [3.8, 4) is 0 Å². The average Bonchev–Trinajstić information content (AvgIpc) is 3.42. The molecule has 0 bridgehead atoms. The summed E-state index contributed by atoms with van der Waals surface area (Å²) in [6.07, 6.45) is 79.2. The first-order chi connectivity index (χ1) is 37.5. The number of hydrogen-bond acceptors (Lipinski definition) is 6. The van der Waals surface area contributed by atoms with Crippen LogP contribution in [-0.2, 0) is 28.6 Å². The normalized spacial score (nSPS) is 12.1. The third-order valence-electron chi connectivity index (χ3n) is 15.7. The lowest BCUT2D eigenvalue weighted by atomic mass is 10.0. The summed E-state index contributed by atoms with van der Waals surface area (Å²) in [4.78, 5) is 38.4. The summed E-state index contributed by atoms with van der Waals surface area (Å²) in [5, 5.41) is 0. The van der Waals surface area contributed by atoms with Crippen molar-refractivity contribution < 1.29 is 28.6 Å². The number of carbonyl (C=O) groups excluding carboxylic acids is 3. The van der Waals surface area contributed by atoms with E-state index in [1.54, 1.807) is 0 Å². The van der Waals surface area contributed by atoms with E-state index in [-0.39, 0.29) is 31.1 Å². The van der Waals surface area contributed by atoms with Gasteiger partial charge in [0.15, 0.2) is 6.10 Å². The van der Waals surface area contributed by atoms with Gasteiger partial charge >= 0.3 is 17.9 Å². The van der Waals surface area contributed by atoms with Gasteiger partial charge in [0, 0.05) is 19.3 Å². The predicted molar refractivity (Wildman–Crippen MR) is 330 cm³/mol. The summed E-state index contributed by atoms with van der Waals surface area (Å²) in [5.41, 5.74) is 0. The minimum Gasteiger partial charge on any atom is -0.462 e. The molecule has 0 heterocycles. The third-order valence-corrected chi connectivity index (χ3v) is 15.7. The summed E-state index contributed by atoms with van der Waals surface area (Å²) < 4.78 is 17.0. The van der Waals surface area contributed by atoms with E-state index < -0.39 is 6.10 Å². The molecule has 0 N–H and O–H groups in total. The van der Waals surface area contributed by atoms with Gasteiger partial charge < -0.3 is 14.2 Å². The maximum atomic E-state index is 12.9. The van der Waals surface area contributed by atoms with Crippen LogP contribution >= 0.6 is 0 Å². The molecule has 0 fully saturated rings. The first kappa shape index (κ1) is 73.9. The number of ether oxygens (including phenoxy) is 3. The smallest absolute Gasteiger partial charge is 0.306 e. The Labute approximate surface area is 474 Å². The van der Waals surface area contributed by atoms with Gasteiger partial charge in [0.1, 0.15) is 13.2 Å². The van der Waals surface area contributed by atoms with Gasteiger partial charge in [0.05, 0.1) is 0 Å². The largest absolute Gasteiger partial charge is 0.462 e. The summed E-state index contributed by atoms with van der Waals surface area (Å²) in [6.45, 7) is 6.67. The van der Waals surface area contributed by atoms with E-state index in [1.165, 1.54) is 270 Å². The maximum absolute atomic E-state index is 12.9. The summed E-state index contributed by atoms with van der Waals surface area (Å²) in [5.74, 6) is -0.852. The molecule has 6 heteroatoms. The fourth-order valence-electron chi connectivity index (χ4n) is 10.5. The van der Waals surface area contributed by atoms with Crippen molar-refractivity contribution in [2.24, 2.45) is 0 Å². The molecule has 0 aliphatic carbocycles. The molecule has 0 aromatic rings. The number of esters is 3. The highest BCUT2D eigenvalue weighted by Gasteiger charge is 2.19. The van der Waals surface area contributed by atoms with Gasteiger partial charge in [-0.3, -0.25) is 14.4 Å². The van der Waals surface area contributed by atoms with Crippen LogP contribution in [-0.4, -0.2) is 37.2 Å². The van der Waals surface area contributed by atoms with Crippen molar-refractivity contribution in [1.29, 1.82) is 0 Å². The molecule has 0 amide bonds. The Morgan fingerprint density at radius 1 is 0.263 bits per heavy atom. The first-order valence-electron chi connectivity index (χ1n) is 34.3. The molecule has 76 heavy (non-hydrogen) atoms. The molecule has 0 aliphatic heterocycles. The van der Waals surface area contributed by atoms with Crippen LogP contribution in [0.1, 0.15) is 387 Å². The van der Waals surface area contributed by atoms with Gasteiger partial charge in [0.25, 0.3) is 0 Å². The fourth-order valence-corrected chi connectivity index (χ4v) is 10.5. The summed E-state index contributed by atoms with van der Waals surface area (Å²) in [6, 6.07) is 0. The lowest BCUT2D eigenvalue weighted by molar-refractivity contribution is -0.167. The van der Waals surface area contributed by atoms with Crippen LogP contribution in [0.4, 0.5) is 0 Å². The molecule has 0 saturated carbocycles. The second-order valence-electron chi connectivity index (χ2n) is 23.5. The highest BCUT2D eigenvalue weighted by atomic mass is 16.6. The molecule has 0 rings (SSSR count). The van der Waals surface area contributed by atoms with Crippen LogP contribution in [0.25, 0.3) is 0 Å². The zero-order valence-electron chi connectivity index (χ0n) is 51.6. The molecular weight excluding hydrogens is 937 g/mol. The fraction of sp³-hybridized carbons (Fsp3) is 0.900. The molecule has 0 radical (unpaired) electrons. The van der Waals surface area contributed by atoms with E-state index in [9.17, 15) is 14.4 Å². The second-order valence-corrected chi connectivity index (χ2v) is 23.5. The van der Waals surface area contributed by atoms with Crippen molar-refractivity contribution in [2.75, 3.05) is 13.2 Å². The lowest BCUT2D eigenvalue weighted by Crippen LogP contribution is -2.30. The Balaban J connectivity index is 4.25. The molecule has 1 atom stereocenters. The van der Waals surface area contributed by atoms with Crippen LogP contribution in [0, 0.1) is 0 Å². The van der Waals surface area contributed by atoms with Gasteiger partial charge in [-0.05, 0) is 44.9 Å². The molecule has 0 aromatic heterocycles. The quantitative estimate of drug-likeness (QED) is 0.0261. The highest BCUT2D eigenvalue weighted by molar-refractivity contribution is 5.71. The van der Waals surface area contributed by atoms with Crippen molar-refractivity contribution in [3.05, 3.63) is 24.3 Å². The van der Waals surface area contributed by atoms with Gasteiger partial charge in [0.2, 0.25) is 0 Å². The van der Waals surface area contributed by atoms with Gasteiger partial charge in [-0.25, -0.2) is 0 Å². The van der Waals surface area contributed by atoms with E-state index in [4.69, 9.17) is 14.2 Å². The number of allylic oxidation sites excluding steroid dienone is 4. The van der Waals surface area contributed by atoms with Crippen LogP contribution in [0.15, 0.2) is 24.3 Å². The van der Waals surface area contributed by atoms with Crippen LogP contribution < -0.4 is 0 Å². The number of unbranched alkanes of at least 4 members (excludes halogenated alkanes) is 49. The predicted octanol–water partition coefficient (Wildman–Crippen LogP) is 23.4. The zero-order valence-corrected chi connectivity index (χ0v) is 51.6. The Morgan fingerprint density at radius 3 is 0.763 bits per heavy atom.